The molecule has 0 spiro atoms. The lowest BCUT2D eigenvalue weighted by atomic mass is 10.3. The summed E-state index contributed by atoms with van der Waals surface area (Å²) in [5, 5.41) is 0. The molecule has 4 nitrogen and oxygen atoms in total. The maximum atomic E-state index is 5.70. The summed E-state index contributed by atoms with van der Waals surface area (Å²) in [6.45, 7) is 9.63. The maximum absolute atomic E-state index is 5.70. The number of rotatable bonds is 9. The summed E-state index contributed by atoms with van der Waals surface area (Å²) in [6.07, 6.45) is 4.37. The van der Waals surface area contributed by atoms with Crippen molar-refractivity contribution < 1.29 is 18.9 Å². The van der Waals surface area contributed by atoms with Gasteiger partial charge in [-0.2, -0.15) is 0 Å². The Hall–Kier alpha value is -1.32. The molecule has 0 aromatic carbocycles. The van der Waals surface area contributed by atoms with Gasteiger partial charge in [0.15, 0.2) is 11.5 Å². The first-order chi connectivity index (χ1) is 8.83. The highest BCUT2D eigenvalue weighted by Crippen LogP contribution is 2.26. The summed E-state index contributed by atoms with van der Waals surface area (Å²) in [4.78, 5) is 0. The molecular formula is C14H23O4. The minimum Gasteiger partial charge on any atom is -0.490 e. The van der Waals surface area contributed by atoms with Gasteiger partial charge in [-0.25, -0.2) is 0 Å². The summed E-state index contributed by atoms with van der Waals surface area (Å²) >= 11 is 0. The molecule has 1 radical (unpaired) electrons. The predicted molar refractivity (Wildman–Crippen MR) is 69.2 cm³/mol. The van der Waals surface area contributed by atoms with E-state index in [0.717, 1.165) is 19.3 Å². The summed E-state index contributed by atoms with van der Waals surface area (Å²) < 4.78 is 22.1. The quantitative estimate of drug-likeness (QED) is 0.631. The van der Waals surface area contributed by atoms with E-state index in [1.807, 2.05) is 0 Å². The fourth-order valence-electron chi connectivity index (χ4n) is 1.36. The van der Waals surface area contributed by atoms with Gasteiger partial charge in [0.2, 0.25) is 12.4 Å². The summed E-state index contributed by atoms with van der Waals surface area (Å²) in [5.41, 5.74) is 0. The zero-order valence-corrected chi connectivity index (χ0v) is 11.5. The van der Waals surface area contributed by atoms with Crippen LogP contribution in [0.2, 0.25) is 0 Å². The first-order valence-electron chi connectivity index (χ1n) is 6.65. The Morgan fingerprint density at radius 1 is 0.889 bits per heavy atom. The molecule has 1 rings (SSSR count). The summed E-state index contributed by atoms with van der Waals surface area (Å²) in [5.74, 6) is 1.86. The van der Waals surface area contributed by atoms with E-state index < -0.39 is 0 Å². The van der Waals surface area contributed by atoms with Crippen molar-refractivity contribution in [3.63, 3.8) is 0 Å². The third-order valence-corrected chi connectivity index (χ3v) is 2.17. The second kappa shape index (κ2) is 8.72. The van der Waals surface area contributed by atoms with Gasteiger partial charge in [-0.15, -0.1) is 0 Å². The SMILES string of the molecule is CCCOC1=CO[CH]C(OCCC)=C1OCCC. The van der Waals surface area contributed by atoms with Crippen LogP contribution in [-0.4, -0.2) is 19.8 Å². The van der Waals surface area contributed by atoms with Gasteiger partial charge in [0.25, 0.3) is 0 Å². The first kappa shape index (κ1) is 14.7. The van der Waals surface area contributed by atoms with E-state index in [4.69, 9.17) is 18.9 Å². The van der Waals surface area contributed by atoms with Gasteiger partial charge >= 0.3 is 0 Å². The standard InChI is InChI=1S/C14H23O4/c1-4-7-16-12-10-15-11-13(17-8-5-2)14(12)18-9-6-3/h10-11H,4-9H2,1-3H3. The molecule has 1 heterocycles. The smallest absolute Gasteiger partial charge is 0.206 e. The van der Waals surface area contributed by atoms with E-state index in [1.165, 1.54) is 0 Å². The number of hydrogen-bond acceptors (Lipinski definition) is 4. The average molecular weight is 255 g/mol. The van der Waals surface area contributed by atoms with E-state index in [2.05, 4.69) is 20.8 Å². The van der Waals surface area contributed by atoms with Crippen LogP contribution in [0.3, 0.4) is 0 Å². The molecule has 4 heteroatoms. The van der Waals surface area contributed by atoms with Crippen LogP contribution in [0.4, 0.5) is 0 Å². The molecule has 18 heavy (non-hydrogen) atoms. The van der Waals surface area contributed by atoms with Gasteiger partial charge in [0, 0.05) is 0 Å². The zero-order chi connectivity index (χ0) is 13.2. The van der Waals surface area contributed by atoms with Crippen molar-refractivity contribution in [1.29, 1.82) is 0 Å². The molecule has 0 aromatic heterocycles. The molecule has 0 unspecified atom stereocenters. The molecule has 0 amide bonds. The predicted octanol–water partition coefficient (Wildman–Crippen LogP) is 3.51. The van der Waals surface area contributed by atoms with Gasteiger partial charge in [-0.3, -0.25) is 0 Å². The molecule has 103 valence electrons. The molecule has 0 bridgehead atoms. The third-order valence-electron chi connectivity index (χ3n) is 2.17. The van der Waals surface area contributed by atoms with E-state index in [1.54, 1.807) is 12.9 Å². The second-order valence-corrected chi connectivity index (χ2v) is 3.97. The van der Waals surface area contributed by atoms with Crippen molar-refractivity contribution in [2.24, 2.45) is 0 Å². The molecular weight excluding hydrogens is 232 g/mol. The van der Waals surface area contributed by atoms with Crippen molar-refractivity contribution in [2.45, 2.75) is 40.0 Å². The lowest BCUT2D eigenvalue weighted by Crippen LogP contribution is -2.13. The molecule has 1 aliphatic rings. The van der Waals surface area contributed by atoms with E-state index >= 15 is 0 Å². The van der Waals surface area contributed by atoms with Gasteiger partial charge in [-0.05, 0) is 19.3 Å². The lowest BCUT2D eigenvalue weighted by Gasteiger charge is -2.21. The van der Waals surface area contributed by atoms with Gasteiger partial charge in [-0.1, -0.05) is 20.8 Å². The molecule has 0 aliphatic carbocycles. The van der Waals surface area contributed by atoms with E-state index in [9.17, 15) is 0 Å². The fourth-order valence-corrected chi connectivity index (χ4v) is 1.36. The van der Waals surface area contributed by atoms with Crippen LogP contribution in [0.25, 0.3) is 0 Å². The molecule has 0 saturated carbocycles. The van der Waals surface area contributed by atoms with Crippen molar-refractivity contribution in [3.05, 3.63) is 30.1 Å². The van der Waals surface area contributed by atoms with Gasteiger partial charge in [0.1, 0.15) is 6.26 Å². The Morgan fingerprint density at radius 2 is 1.50 bits per heavy atom. The zero-order valence-electron chi connectivity index (χ0n) is 11.5. The summed E-state index contributed by atoms with van der Waals surface area (Å²) in [7, 11) is 0. The topological polar surface area (TPSA) is 36.9 Å². The van der Waals surface area contributed by atoms with E-state index in [0.29, 0.717) is 37.1 Å². The Bertz CT molecular complexity index is 294. The average Bonchev–Trinajstić information content (AvgIpc) is 2.41. The monoisotopic (exact) mass is 255 g/mol. The van der Waals surface area contributed by atoms with Gasteiger partial charge < -0.3 is 18.9 Å². The second-order valence-electron chi connectivity index (χ2n) is 3.97. The van der Waals surface area contributed by atoms with Gasteiger partial charge in [0.05, 0.1) is 19.8 Å². The Labute approximate surface area is 110 Å². The van der Waals surface area contributed by atoms with Crippen LogP contribution in [0, 0.1) is 6.61 Å². The fraction of sp³-hybridized carbons (Fsp3) is 0.643. The van der Waals surface area contributed by atoms with Crippen molar-refractivity contribution in [1.82, 2.24) is 0 Å². The van der Waals surface area contributed by atoms with Crippen molar-refractivity contribution in [3.8, 4) is 0 Å². The Balaban J connectivity index is 2.73. The van der Waals surface area contributed by atoms with Crippen LogP contribution < -0.4 is 0 Å². The highest BCUT2D eigenvalue weighted by atomic mass is 16.6. The lowest BCUT2D eigenvalue weighted by molar-refractivity contribution is 0.0923. The molecule has 0 N–H and O–H groups in total. The first-order valence-corrected chi connectivity index (χ1v) is 6.65. The number of ether oxygens (including phenoxy) is 4. The Kier molecular flexibility index (Phi) is 7.14. The van der Waals surface area contributed by atoms with Crippen LogP contribution >= 0.6 is 0 Å². The van der Waals surface area contributed by atoms with Crippen LogP contribution in [0.1, 0.15) is 40.0 Å². The normalized spacial score (nSPS) is 14.9. The largest absolute Gasteiger partial charge is 0.490 e. The molecule has 0 saturated heterocycles. The minimum absolute atomic E-state index is 0.610. The summed E-state index contributed by atoms with van der Waals surface area (Å²) in [6, 6.07) is 0. The molecule has 1 aliphatic heterocycles. The third kappa shape index (κ3) is 4.51. The van der Waals surface area contributed by atoms with Crippen LogP contribution in [0.5, 0.6) is 0 Å². The minimum atomic E-state index is 0.610. The maximum Gasteiger partial charge on any atom is 0.206 e. The van der Waals surface area contributed by atoms with Crippen molar-refractivity contribution in [2.75, 3.05) is 19.8 Å². The number of hydrogen-bond donors (Lipinski definition) is 0. The van der Waals surface area contributed by atoms with E-state index in [-0.39, 0.29) is 0 Å². The van der Waals surface area contributed by atoms with Crippen LogP contribution in [0.15, 0.2) is 23.5 Å². The van der Waals surface area contributed by atoms with Crippen molar-refractivity contribution >= 4 is 0 Å². The molecule has 0 atom stereocenters. The Morgan fingerprint density at radius 3 is 2.17 bits per heavy atom. The highest BCUT2D eigenvalue weighted by molar-refractivity contribution is 5.28. The molecule has 0 aromatic rings. The highest BCUT2D eigenvalue weighted by Gasteiger charge is 2.22. The van der Waals surface area contributed by atoms with Crippen LogP contribution in [-0.2, 0) is 18.9 Å². The molecule has 0 fully saturated rings.